The molecule has 1 spiro atoms. The number of amides is 2. The Hall–Kier alpha value is -3.62. The summed E-state index contributed by atoms with van der Waals surface area (Å²) in [5, 5.41) is 8.04. The summed E-state index contributed by atoms with van der Waals surface area (Å²) >= 11 is 0. The van der Waals surface area contributed by atoms with Crippen LogP contribution in [0.5, 0.6) is 5.75 Å². The highest BCUT2D eigenvalue weighted by Crippen LogP contribution is 2.44. The van der Waals surface area contributed by atoms with E-state index in [2.05, 4.69) is 26.0 Å². The van der Waals surface area contributed by atoms with Crippen molar-refractivity contribution in [3.8, 4) is 17.0 Å². The van der Waals surface area contributed by atoms with Crippen molar-refractivity contribution in [1.29, 1.82) is 0 Å². The molecule has 1 atom stereocenters. The zero-order valence-corrected chi connectivity index (χ0v) is 19.1. The number of nitrogens with zero attached hydrogens (tertiary/aromatic N) is 5. The van der Waals surface area contributed by atoms with Gasteiger partial charge in [-0.1, -0.05) is 6.07 Å². The number of ether oxygens (including phenoxy) is 1. The van der Waals surface area contributed by atoms with E-state index in [-0.39, 0.29) is 11.4 Å². The Kier molecular flexibility index (Phi) is 5.12. The second-order valence-corrected chi connectivity index (χ2v) is 9.63. The van der Waals surface area contributed by atoms with E-state index in [0.29, 0.717) is 24.2 Å². The molecule has 1 saturated carbocycles. The van der Waals surface area contributed by atoms with Crippen LogP contribution in [0, 0.1) is 0 Å². The van der Waals surface area contributed by atoms with Crippen LogP contribution in [-0.4, -0.2) is 49.8 Å². The monoisotopic (exact) mass is 459 g/mol. The number of fused-ring (bicyclic) bond motifs is 2. The van der Waals surface area contributed by atoms with Gasteiger partial charge in [0.2, 0.25) is 0 Å². The number of nitrogen functional groups attached to an aromatic ring is 1. The van der Waals surface area contributed by atoms with Gasteiger partial charge in [0.15, 0.2) is 11.6 Å². The molecule has 9 heteroatoms. The summed E-state index contributed by atoms with van der Waals surface area (Å²) in [6.07, 6.45) is 8.87. The van der Waals surface area contributed by atoms with Crippen LogP contribution >= 0.6 is 0 Å². The first-order chi connectivity index (χ1) is 16.6. The molecule has 0 radical (unpaired) electrons. The van der Waals surface area contributed by atoms with Gasteiger partial charge < -0.3 is 20.7 Å². The van der Waals surface area contributed by atoms with Gasteiger partial charge >= 0.3 is 6.03 Å². The molecule has 2 amide bonds. The van der Waals surface area contributed by atoms with E-state index < -0.39 is 0 Å². The highest BCUT2D eigenvalue weighted by molar-refractivity contribution is 5.75. The molecule has 0 aromatic carbocycles. The van der Waals surface area contributed by atoms with Gasteiger partial charge in [0.1, 0.15) is 6.61 Å². The second-order valence-electron chi connectivity index (χ2n) is 9.63. The van der Waals surface area contributed by atoms with Crippen LogP contribution in [-0.2, 0) is 18.6 Å². The standard InChI is InChI=1S/C25H29N7O2/c26-23-21(34-15-19-4-1-2-9-27-19)12-17(14-28-23)20-13-22-25(8-11-32(22)30-20)7-10-31(16-25)24(33)29-18-5-3-6-18/h1-2,4,9,12-14,18H,3,5-8,10-11,15-16H2,(H2,26,28)(H,29,33)/t25-/m1/s1. The van der Waals surface area contributed by atoms with Crippen molar-refractivity contribution < 1.29 is 9.53 Å². The van der Waals surface area contributed by atoms with Crippen LogP contribution in [0.15, 0.2) is 42.7 Å². The summed E-state index contributed by atoms with van der Waals surface area (Å²) in [4.78, 5) is 23.3. The third kappa shape index (κ3) is 3.74. The Labute approximate surface area is 198 Å². The summed E-state index contributed by atoms with van der Waals surface area (Å²) in [5.41, 5.74) is 9.77. The summed E-state index contributed by atoms with van der Waals surface area (Å²) in [5.74, 6) is 0.859. The molecule has 2 aliphatic heterocycles. The topological polar surface area (TPSA) is 111 Å². The maximum Gasteiger partial charge on any atom is 0.317 e. The van der Waals surface area contributed by atoms with E-state index in [9.17, 15) is 4.79 Å². The normalized spacial score (nSPS) is 21.5. The fraction of sp³-hybridized carbons (Fsp3) is 0.440. The predicted molar refractivity (Wildman–Crippen MR) is 127 cm³/mol. The fourth-order valence-corrected chi connectivity index (χ4v) is 5.23. The molecule has 3 N–H and O–H groups in total. The van der Waals surface area contributed by atoms with Crippen molar-refractivity contribution >= 4 is 11.8 Å². The molecular formula is C25H29N7O2. The molecule has 3 aromatic heterocycles. The number of nitrogens with one attached hydrogen (secondary N) is 1. The molecule has 3 aromatic rings. The molecule has 2 fully saturated rings. The third-order valence-corrected chi connectivity index (χ3v) is 7.48. The first-order valence-corrected chi connectivity index (χ1v) is 12.0. The summed E-state index contributed by atoms with van der Waals surface area (Å²) in [6, 6.07) is 10.2. The van der Waals surface area contributed by atoms with E-state index in [1.807, 2.05) is 29.2 Å². The number of likely N-dealkylation sites (tertiary alicyclic amines) is 1. The Morgan fingerprint density at radius 2 is 2.09 bits per heavy atom. The number of carbonyl (C=O) groups excluding carboxylic acids is 1. The van der Waals surface area contributed by atoms with Crippen molar-refractivity contribution in [3.63, 3.8) is 0 Å². The summed E-state index contributed by atoms with van der Waals surface area (Å²) in [6.45, 7) is 2.71. The summed E-state index contributed by atoms with van der Waals surface area (Å²) in [7, 11) is 0. The molecule has 1 saturated heterocycles. The zero-order chi connectivity index (χ0) is 23.1. The number of anilines is 1. The Morgan fingerprint density at radius 3 is 2.88 bits per heavy atom. The SMILES string of the molecule is Nc1ncc(-c2cc3n(n2)CC[C@@]32CCN(C(=O)NC3CCC3)C2)cc1OCc1ccccn1. The van der Waals surface area contributed by atoms with Crippen molar-refractivity contribution in [3.05, 3.63) is 54.1 Å². The molecule has 0 bridgehead atoms. The van der Waals surface area contributed by atoms with E-state index in [1.54, 1.807) is 12.4 Å². The molecule has 3 aliphatic rings. The molecule has 9 nitrogen and oxygen atoms in total. The first-order valence-electron chi connectivity index (χ1n) is 12.0. The zero-order valence-electron chi connectivity index (χ0n) is 19.1. The molecular weight excluding hydrogens is 430 g/mol. The molecule has 6 rings (SSSR count). The maximum atomic E-state index is 12.7. The van der Waals surface area contributed by atoms with Crippen molar-refractivity contribution in [2.45, 2.75) is 56.7 Å². The average Bonchev–Trinajstić information content (AvgIpc) is 3.53. The maximum absolute atomic E-state index is 12.7. The highest BCUT2D eigenvalue weighted by atomic mass is 16.5. The first kappa shape index (κ1) is 20.9. The van der Waals surface area contributed by atoms with E-state index >= 15 is 0 Å². The van der Waals surface area contributed by atoms with Crippen molar-refractivity contribution in [2.24, 2.45) is 0 Å². The number of pyridine rings is 2. The number of nitrogens with two attached hydrogens (primary N) is 1. The fourth-order valence-electron chi connectivity index (χ4n) is 5.23. The third-order valence-electron chi connectivity index (χ3n) is 7.48. The molecule has 0 unspecified atom stereocenters. The number of aryl methyl sites for hydroxylation is 1. The van der Waals surface area contributed by atoms with Crippen LogP contribution < -0.4 is 15.8 Å². The molecule has 176 valence electrons. The van der Waals surface area contributed by atoms with Crippen molar-refractivity contribution in [1.82, 2.24) is 30.0 Å². The molecule has 1 aliphatic carbocycles. The lowest BCUT2D eigenvalue weighted by Crippen LogP contribution is -2.47. The van der Waals surface area contributed by atoms with Crippen LogP contribution in [0.3, 0.4) is 0 Å². The highest BCUT2D eigenvalue weighted by Gasteiger charge is 2.47. The number of hydrogen-bond acceptors (Lipinski definition) is 6. The number of urea groups is 1. The van der Waals surface area contributed by atoms with E-state index in [4.69, 9.17) is 15.6 Å². The van der Waals surface area contributed by atoms with Gasteiger partial charge in [-0.05, 0) is 56.4 Å². The lowest BCUT2D eigenvalue weighted by molar-refractivity contribution is 0.193. The minimum atomic E-state index is -0.0260. The quantitative estimate of drug-likeness (QED) is 0.607. The second kappa shape index (κ2) is 8.30. The molecule has 34 heavy (non-hydrogen) atoms. The number of carbonyl (C=O) groups is 1. The van der Waals surface area contributed by atoms with Crippen LogP contribution in [0.4, 0.5) is 10.6 Å². The minimum absolute atomic E-state index is 0.0260. The number of aromatic nitrogens is 4. The van der Waals surface area contributed by atoms with Crippen LogP contribution in [0.25, 0.3) is 11.3 Å². The van der Waals surface area contributed by atoms with Gasteiger partial charge in [-0.25, -0.2) is 9.78 Å². The lowest BCUT2D eigenvalue weighted by Gasteiger charge is -2.30. The lowest BCUT2D eigenvalue weighted by atomic mass is 9.82. The smallest absolute Gasteiger partial charge is 0.317 e. The van der Waals surface area contributed by atoms with Crippen LogP contribution in [0.2, 0.25) is 0 Å². The minimum Gasteiger partial charge on any atom is -0.483 e. The largest absolute Gasteiger partial charge is 0.483 e. The number of hydrogen-bond donors (Lipinski definition) is 2. The van der Waals surface area contributed by atoms with Gasteiger partial charge in [-0.2, -0.15) is 5.10 Å². The molecule has 5 heterocycles. The average molecular weight is 460 g/mol. The van der Waals surface area contributed by atoms with Crippen LogP contribution in [0.1, 0.15) is 43.5 Å². The van der Waals surface area contributed by atoms with Gasteiger partial charge in [0, 0.05) is 54.7 Å². The predicted octanol–water partition coefficient (Wildman–Crippen LogP) is 3.11. The van der Waals surface area contributed by atoms with Gasteiger partial charge in [0.25, 0.3) is 0 Å². The van der Waals surface area contributed by atoms with Crippen molar-refractivity contribution in [2.75, 3.05) is 18.8 Å². The van der Waals surface area contributed by atoms with E-state index in [1.165, 1.54) is 12.1 Å². The van der Waals surface area contributed by atoms with Gasteiger partial charge in [-0.3, -0.25) is 9.67 Å². The van der Waals surface area contributed by atoms with Gasteiger partial charge in [0.05, 0.1) is 11.4 Å². The number of rotatable bonds is 5. The van der Waals surface area contributed by atoms with Gasteiger partial charge in [-0.15, -0.1) is 0 Å². The Bertz CT molecular complexity index is 1210. The Balaban J connectivity index is 1.19. The Morgan fingerprint density at radius 1 is 1.21 bits per heavy atom. The van der Waals surface area contributed by atoms with E-state index in [0.717, 1.165) is 62.3 Å². The summed E-state index contributed by atoms with van der Waals surface area (Å²) < 4.78 is 8.00.